The highest BCUT2D eigenvalue weighted by Crippen LogP contribution is 2.17. The molecule has 0 aromatic rings. The highest BCUT2D eigenvalue weighted by atomic mass is 28.4. The Hall–Kier alpha value is -0.953. The van der Waals surface area contributed by atoms with Crippen molar-refractivity contribution in [2.24, 2.45) is 0 Å². The lowest BCUT2D eigenvalue weighted by molar-refractivity contribution is -0.126. The molecule has 0 spiro atoms. The van der Waals surface area contributed by atoms with Crippen LogP contribution in [0.25, 0.3) is 0 Å². The van der Waals surface area contributed by atoms with Crippen molar-refractivity contribution >= 4 is 14.9 Å². The molecule has 0 saturated heterocycles. The maximum atomic E-state index is 12.3. The number of amides is 1. The minimum absolute atomic E-state index is 0.214. The summed E-state index contributed by atoms with van der Waals surface area (Å²) in [6.07, 6.45) is 3.10. The van der Waals surface area contributed by atoms with Crippen LogP contribution in [0.1, 0.15) is 19.8 Å². The second-order valence-electron chi connectivity index (χ2n) is 3.69. The summed E-state index contributed by atoms with van der Waals surface area (Å²) in [7, 11) is 1.22. The second-order valence-corrected chi connectivity index (χ2v) is 6.51. The van der Waals surface area contributed by atoms with Crippen LogP contribution in [-0.4, -0.2) is 47.3 Å². The van der Waals surface area contributed by atoms with Gasteiger partial charge in [0.2, 0.25) is 5.91 Å². The van der Waals surface area contributed by atoms with Crippen molar-refractivity contribution in [3.63, 3.8) is 0 Å². The summed E-state index contributed by atoms with van der Waals surface area (Å²) >= 11 is 0. The molecule has 5 nitrogen and oxygen atoms in total. The zero-order chi connectivity index (χ0) is 14.2. The third-order valence-electron chi connectivity index (χ3n) is 2.52. The molecule has 0 N–H and O–H groups in total. The summed E-state index contributed by atoms with van der Waals surface area (Å²) in [6.45, 7) is 9.72. The molecule has 0 aliphatic heterocycles. The van der Waals surface area contributed by atoms with Gasteiger partial charge >= 0.3 is 8.97 Å². The SMILES string of the molecule is C=CCN(C(=O)C(=C)CCC)[Si](OC)(OC)OC. The van der Waals surface area contributed by atoms with E-state index in [1.165, 1.54) is 25.9 Å². The van der Waals surface area contributed by atoms with Crippen molar-refractivity contribution < 1.29 is 18.1 Å². The first-order chi connectivity index (χ1) is 8.52. The number of carbonyl (C=O) groups excluding carboxylic acids is 1. The van der Waals surface area contributed by atoms with Gasteiger partial charge in [-0.25, -0.2) is 0 Å². The molecule has 0 fully saturated rings. The van der Waals surface area contributed by atoms with E-state index in [-0.39, 0.29) is 5.91 Å². The molecule has 6 heteroatoms. The molecular formula is C12H23NO4Si. The van der Waals surface area contributed by atoms with E-state index in [1.807, 2.05) is 6.92 Å². The van der Waals surface area contributed by atoms with Crippen molar-refractivity contribution in [3.05, 3.63) is 24.8 Å². The third kappa shape index (κ3) is 3.77. The molecule has 104 valence electrons. The lowest BCUT2D eigenvalue weighted by Crippen LogP contribution is -2.61. The van der Waals surface area contributed by atoms with Crippen molar-refractivity contribution in [1.29, 1.82) is 0 Å². The van der Waals surface area contributed by atoms with Crippen LogP contribution in [-0.2, 0) is 18.1 Å². The number of nitrogens with zero attached hydrogens (tertiary/aromatic N) is 1. The van der Waals surface area contributed by atoms with Gasteiger partial charge in [0.25, 0.3) is 0 Å². The van der Waals surface area contributed by atoms with Crippen molar-refractivity contribution in [2.45, 2.75) is 19.8 Å². The molecule has 0 aromatic heterocycles. The fourth-order valence-electron chi connectivity index (χ4n) is 1.63. The van der Waals surface area contributed by atoms with Gasteiger partial charge < -0.3 is 13.3 Å². The van der Waals surface area contributed by atoms with E-state index in [9.17, 15) is 4.79 Å². The molecule has 0 aromatic carbocycles. The molecule has 0 aliphatic carbocycles. The van der Waals surface area contributed by atoms with Gasteiger partial charge in [-0.15, -0.1) is 6.58 Å². The maximum absolute atomic E-state index is 12.3. The zero-order valence-corrected chi connectivity index (χ0v) is 12.7. The van der Waals surface area contributed by atoms with E-state index in [0.29, 0.717) is 18.5 Å². The average Bonchev–Trinajstić information content (AvgIpc) is 2.39. The van der Waals surface area contributed by atoms with Gasteiger partial charge in [0, 0.05) is 33.4 Å². The van der Waals surface area contributed by atoms with Crippen LogP contribution >= 0.6 is 0 Å². The predicted molar refractivity (Wildman–Crippen MR) is 72.7 cm³/mol. The molecule has 0 aliphatic rings. The molecule has 0 bridgehead atoms. The van der Waals surface area contributed by atoms with Gasteiger partial charge in [0.05, 0.1) is 0 Å². The molecule has 0 atom stereocenters. The van der Waals surface area contributed by atoms with Crippen LogP contribution in [0.15, 0.2) is 24.8 Å². The van der Waals surface area contributed by atoms with E-state index >= 15 is 0 Å². The van der Waals surface area contributed by atoms with E-state index < -0.39 is 8.97 Å². The van der Waals surface area contributed by atoms with Crippen molar-refractivity contribution in [2.75, 3.05) is 27.9 Å². The first kappa shape index (κ1) is 17.0. The Bertz CT molecular complexity index is 294. The van der Waals surface area contributed by atoms with E-state index in [0.717, 1.165) is 6.42 Å². The van der Waals surface area contributed by atoms with Crippen LogP contribution < -0.4 is 0 Å². The zero-order valence-electron chi connectivity index (χ0n) is 11.7. The van der Waals surface area contributed by atoms with Gasteiger partial charge in [-0.3, -0.25) is 9.36 Å². The Morgan fingerprint density at radius 2 is 1.78 bits per heavy atom. The van der Waals surface area contributed by atoms with Crippen LogP contribution in [0.4, 0.5) is 0 Å². The topological polar surface area (TPSA) is 48.0 Å². The van der Waals surface area contributed by atoms with E-state index in [2.05, 4.69) is 13.2 Å². The summed E-state index contributed by atoms with van der Waals surface area (Å²) in [5.41, 5.74) is 0.516. The van der Waals surface area contributed by atoms with Crippen LogP contribution in [0.3, 0.4) is 0 Å². The van der Waals surface area contributed by atoms with E-state index in [1.54, 1.807) is 6.08 Å². The Morgan fingerprint density at radius 3 is 2.11 bits per heavy atom. The number of rotatable bonds is 9. The first-order valence-electron chi connectivity index (χ1n) is 5.79. The largest absolute Gasteiger partial charge is 0.635 e. The summed E-state index contributed by atoms with van der Waals surface area (Å²) in [6, 6.07) is 0. The Balaban J connectivity index is 5.20. The lowest BCUT2D eigenvalue weighted by Gasteiger charge is -2.34. The smallest absolute Gasteiger partial charge is 0.360 e. The van der Waals surface area contributed by atoms with Gasteiger partial charge in [-0.1, -0.05) is 26.0 Å². The highest BCUT2D eigenvalue weighted by Gasteiger charge is 2.49. The predicted octanol–water partition coefficient (Wildman–Crippen LogP) is 1.73. The standard InChI is InChI=1S/C12H23NO4Si/c1-7-9-11(3)12(14)13(10-8-2)18(15-4,16-5)17-6/h8H,2-3,7,9-10H2,1,4-6H3. The molecule has 18 heavy (non-hydrogen) atoms. The molecule has 0 radical (unpaired) electrons. The average molecular weight is 273 g/mol. The molecule has 0 unspecified atom stereocenters. The molecule has 0 rings (SSSR count). The molecule has 1 amide bonds. The van der Waals surface area contributed by atoms with E-state index in [4.69, 9.17) is 13.3 Å². The Labute approximate surface area is 110 Å². The van der Waals surface area contributed by atoms with Crippen LogP contribution in [0.5, 0.6) is 0 Å². The Kier molecular flexibility index (Phi) is 7.77. The number of hydrogen-bond acceptors (Lipinski definition) is 4. The monoisotopic (exact) mass is 273 g/mol. The normalized spacial score (nSPS) is 11.1. The number of hydrogen-bond donors (Lipinski definition) is 0. The fourth-order valence-corrected chi connectivity index (χ4v) is 3.55. The van der Waals surface area contributed by atoms with Gasteiger partial charge in [-0.05, 0) is 6.42 Å². The number of carbonyl (C=O) groups is 1. The van der Waals surface area contributed by atoms with Crippen molar-refractivity contribution in [3.8, 4) is 0 Å². The van der Waals surface area contributed by atoms with Crippen LogP contribution in [0.2, 0.25) is 0 Å². The fraction of sp³-hybridized carbons (Fsp3) is 0.583. The molecular weight excluding hydrogens is 250 g/mol. The summed E-state index contributed by atoms with van der Waals surface area (Å²) in [5.74, 6) is -0.214. The highest BCUT2D eigenvalue weighted by molar-refractivity contribution is 6.60. The maximum Gasteiger partial charge on any atom is 0.635 e. The minimum atomic E-state index is -3.17. The quantitative estimate of drug-likeness (QED) is 0.365. The van der Waals surface area contributed by atoms with Crippen LogP contribution in [0, 0.1) is 0 Å². The third-order valence-corrected chi connectivity index (χ3v) is 5.11. The van der Waals surface area contributed by atoms with Crippen molar-refractivity contribution in [1.82, 2.24) is 4.57 Å². The lowest BCUT2D eigenvalue weighted by atomic mass is 10.1. The van der Waals surface area contributed by atoms with Gasteiger partial charge in [0.15, 0.2) is 0 Å². The minimum Gasteiger partial charge on any atom is -0.360 e. The summed E-state index contributed by atoms with van der Waals surface area (Å²) < 4.78 is 17.4. The summed E-state index contributed by atoms with van der Waals surface area (Å²) in [4.78, 5) is 12.3. The Morgan fingerprint density at radius 1 is 1.28 bits per heavy atom. The second kappa shape index (κ2) is 8.20. The van der Waals surface area contributed by atoms with Gasteiger partial charge in [0.1, 0.15) is 0 Å². The first-order valence-corrected chi connectivity index (χ1v) is 7.46. The molecule has 0 saturated carbocycles. The van der Waals surface area contributed by atoms with Gasteiger partial charge in [-0.2, -0.15) is 0 Å². The summed E-state index contributed by atoms with van der Waals surface area (Å²) in [5, 5.41) is 0. The molecule has 0 heterocycles.